The highest BCUT2D eigenvalue weighted by Gasteiger charge is 2.50. The minimum Gasteiger partial charge on any atom is -0.264 e. The Morgan fingerprint density at radius 2 is 1.79 bits per heavy atom. The SMILES string of the molecule is CS1=C2C(c3ccccc3)C=NC3=CC=CCC32CC1CCc1ccccc1. The third-order valence-electron chi connectivity index (χ3n) is 6.64. The molecule has 0 aromatic heterocycles. The van der Waals surface area contributed by atoms with Crippen LogP contribution in [-0.4, -0.2) is 22.6 Å². The molecule has 0 bridgehead atoms. The molecule has 0 fully saturated rings. The molecule has 3 aliphatic rings. The second kappa shape index (κ2) is 7.33. The Morgan fingerprint density at radius 3 is 2.57 bits per heavy atom. The molecule has 0 amide bonds. The van der Waals surface area contributed by atoms with E-state index in [9.17, 15) is 0 Å². The van der Waals surface area contributed by atoms with Crippen LogP contribution in [-0.2, 0) is 6.42 Å². The van der Waals surface area contributed by atoms with Crippen molar-refractivity contribution < 1.29 is 0 Å². The maximum Gasteiger partial charge on any atom is 0.0511 e. The van der Waals surface area contributed by atoms with Crippen molar-refractivity contribution in [1.29, 1.82) is 0 Å². The second-order valence-corrected chi connectivity index (χ2v) is 10.4. The van der Waals surface area contributed by atoms with Gasteiger partial charge in [-0.3, -0.25) is 4.99 Å². The van der Waals surface area contributed by atoms with E-state index in [1.54, 1.807) is 4.86 Å². The Kier molecular flexibility index (Phi) is 4.68. The van der Waals surface area contributed by atoms with E-state index in [0.29, 0.717) is 16.4 Å². The van der Waals surface area contributed by atoms with Crippen molar-refractivity contribution in [3.8, 4) is 0 Å². The summed E-state index contributed by atoms with van der Waals surface area (Å²) in [6.45, 7) is 0. The van der Waals surface area contributed by atoms with Gasteiger partial charge in [-0.15, -0.1) is 0 Å². The molecule has 2 heterocycles. The summed E-state index contributed by atoms with van der Waals surface area (Å²) in [6, 6.07) is 22.0. The fraction of sp³-hybridized carbons (Fsp3) is 0.308. The molecule has 2 aliphatic heterocycles. The molecule has 0 saturated carbocycles. The van der Waals surface area contributed by atoms with Gasteiger partial charge in [0, 0.05) is 22.8 Å². The molecular weight excluding hydrogens is 358 g/mol. The van der Waals surface area contributed by atoms with Crippen LogP contribution in [0.15, 0.2) is 89.6 Å². The standard InChI is InChI=1S/C26H27NS/c1-28-22(16-15-20-10-4-2-5-11-20)18-26-17-9-8-14-24(26)27-19-23(25(26)28)21-12-6-3-7-13-21/h2-14,19,22-23H,15-18H2,1H3. The Hall–Kier alpha value is -2.19. The van der Waals surface area contributed by atoms with Crippen molar-refractivity contribution >= 4 is 21.6 Å². The van der Waals surface area contributed by atoms with Gasteiger partial charge in [0.15, 0.2) is 0 Å². The molecule has 0 saturated heterocycles. The average Bonchev–Trinajstić information content (AvgIpc) is 3.04. The van der Waals surface area contributed by atoms with E-state index in [2.05, 4.69) is 91.4 Å². The molecule has 2 heteroatoms. The minimum atomic E-state index is 0.156. The van der Waals surface area contributed by atoms with Gasteiger partial charge in [0.05, 0.1) is 5.70 Å². The van der Waals surface area contributed by atoms with E-state index in [1.807, 2.05) is 0 Å². The Labute approximate surface area is 170 Å². The first-order valence-corrected chi connectivity index (χ1v) is 12.0. The zero-order valence-electron chi connectivity index (χ0n) is 16.4. The number of rotatable bonds is 4. The predicted molar refractivity (Wildman–Crippen MR) is 124 cm³/mol. The van der Waals surface area contributed by atoms with Crippen LogP contribution in [0.25, 0.3) is 0 Å². The van der Waals surface area contributed by atoms with Gasteiger partial charge < -0.3 is 0 Å². The van der Waals surface area contributed by atoms with Gasteiger partial charge in [-0.05, 0) is 54.0 Å². The molecule has 0 radical (unpaired) electrons. The minimum absolute atomic E-state index is 0.156. The Balaban J connectivity index is 1.52. The molecule has 0 N–H and O–H groups in total. The van der Waals surface area contributed by atoms with E-state index >= 15 is 0 Å². The van der Waals surface area contributed by atoms with Gasteiger partial charge in [0.1, 0.15) is 0 Å². The summed E-state index contributed by atoms with van der Waals surface area (Å²) >= 11 is 0. The van der Waals surface area contributed by atoms with Crippen molar-refractivity contribution in [3.05, 3.63) is 95.7 Å². The Morgan fingerprint density at radius 1 is 1.04 bits per heavy atom. The molecule has 1 spiro atoms. The summed E-state index contributed by atoms with van der Waals surface area (Å²) in [7, 11) is 0.292. The quantitative estimate of drug-likeness (QED) is 0.559. The average molecular weight is 386 g/mol. The van der Waals surface area contributed by atoms with Crippen LogP contribution in [0.3, 0.4) is 0 Å². The lowest BCUT2D eigenvalue weighted by atomic mass is 9.67. The molecule has 2 aromatic rings. The smallest absolute Gasteiger partial charge is 0.0511 e. The van der Waals surface area contributed by atoms with E-state index < -0.39 is 0 Å². The zero-order chi connectivity index (χ0) is 19.0. The van der Waals surface area contributed by atoms with Crippen molar-refractivity contribution in [3.63, 3.8) is 0 Å². The highest BCUT2D eigenvalue weighted by molar-refractivity contribution is 8.16. The van der Waals surface area contributed by atoms with Crippen LogP contribution in [0.4, 0.5) is 0 Å². The topological polar surface area (TPSA) is 12.4 Å². The lowest BCUT2D eigenvalue weighted by molar-refractivity contribution is 0.442. The third kappa shape index (κ3) is 2.95. The first-order valence-electron chi connectivity index (χ1n) is 10.3. The molecule has 4 atom stereocenters. The first kappa shape index (κ1) is 17.9. The molecule has 5 rings (SSSR count). The number of benzene rings is 2. The summed E-state index contributed by atoms with van der Waals surface area (Å²) < 4.78 is 0. The molecular formula is C26H27NS. The van der Waals surface area contributed by atoms with E-state index in [-0.39, 0.29) is 5.41 Å². The van der Waals surface area contributed by atoms with Gasteiger partial charge in [0.2, 0.25) is 0 Å². The van der Waals surface area contributed by atoms with Crippen molar-refractivity contribution in [2.75, 3.05) is 6.26 Å². The van der Waals surface area contributed by atoms with Gasteiger partial charge in [-0.1, -0.05) is 72.8 Å². The number of aliphatic imine (C=N–C) groups is 1. The summed E-state index contributed by atoms with van der Waals surface area (Å²) in [5.41, 5.74) is 4.33. The maximum absolute atomic E-state index is 5.00. The molecule has 28 heavy (non-hydrogen) atoms. The van der Waals surface area contributed by atoms with Gasteiger partial charge in [-0.25, -0.2) is 0 Å². The van der Waals surface area contributed by atoms with Gasteiger partial charge in [-0.2, -0.15) is 10.5 Å². The summed E-state index contributed by atoms with van der Waals surface area (Å²) in [5, 5.41) is 0.748. The summed E-state index contributed by atoms with van der Waals surface area (Å²) in [6.07, 6.45) is 16.4. The molecule has 1 aliphatic carbocycles. The highest BCUT2D eigenvalue weighted by Crippen LogP contribution is 2.57. The monoisotopic (exact) mass is 385 g/mol. The fourth-order valence-electron chi connectivity index (χ4n) is 5.25. The van der Waals surface area contributed by atoms with E-state index in [1.165, 1.54) is 36.1 Å². The van der Waals surface area contributed by atoms with E-state index in [4.69, 9.17) is 4.99 Å². The zero-order valence-corrected chi connectivity index (χ0v) is 17.2. The molecule has 1 nitrogen and oxygen atoms in total. The highest BCUT2D eigenvalue weighted by atomic mass is 32.2. The summed E-state index contributed by atoms with van der Waals surface area (Å²) in [5.74, 6) is 0.361. The number of allylic oxidation sites excluding steroid dienone is 4. The van der Waals surface area contributed by atoms with Gasteiger partial charge >= 0.3 is 0 Å². The van der Waals surface area contributed by atoms with Crippen LogP contribution in [0.2, 0.25) is 0 Å². The predicted octanol–water partition coefficient (Wildman–Crippen LogP) is 6.16. The first-order chi connectivity index (χ1) is 13.8. The van der Waals surface area contributed by atoms with Crippen molar-refractivity contribution in [1.82, 2.24) is 0 Å². The lowest BCUT2D eigenvalue weighted by Crippen LogP contribution is -2.38. The van der Waals surface area contributed by atoms with Crippen LogP contribution < -0.4 is 0 Å². The van der Waals surface area contributed by atoms with Crippen LogP contribution in [0, 0.1) is 5.41 Å². The van der Waals surface area contributed by atoms with Crippen molar-refractivity contribution in [2.45, 2.75) is 36.9 Å². The second-order valence-electron chi connectivity index (χ2n) is 8.21. The third-order valence-corrected chi connectivity index (χ3v) is 9.38. The van der Waals surface area contributed by atoms with Crippen LogP contribution in [0.1, 0.15) is 36.3 Å². The molecule has 4 unspecified atom stereocenters. The molecule has 142 valence electrons. The van der Waals surface area contributed by atoms with Gasteiger partial charge in [0.25, 0.3) is 0 Å². The molecule has 2 aromatic carbocycles. The summed E-state index contributed by atoms with van der Waals surface area (Å²) in [4.78, 5) is 6.74. The maximum atomic E-state index is 5.00. The van der Waals surface area contributed by atoms with Crippen LogP contribution >= 0.6 is 10.5 Å². The fourth-order valence-corrected chi connectivity index (χ4v) is 8.10. The number of hydrogen-bond acceptors (Lipinski definition) is 1. The van der Waals surface area contributed by atoms with Crippen molar-refractivity contribution in [2.24, 2.45) is 10.4 Å². The number of aryl methyl sites for hydroxylation is 1. The number of nitrogens with zero attached hydrogens (tertiary/aromatic N) is 1. The lowest BCUT2D eigenvalue weighted by Gasteiger charge is -2.40. The van der Waals surface area contributed by atoms with Crippen LogP contribution in [0.5, 0.6) is 0 Å². The Bertz CT molecular complexity index is 984. The largest absolute Gasteiger partial charge is 0.264 e. The van der Waals surface area contributed by atoms with E-state index in [0.717, 1.165) is 11.7 Å². The normalized spacial score (nSPS) is 30.7. The number of hydrogen-bond donors (Lipinski definition) is 0.